The summed E-state index contributed by atoms with van der Waals surface area (Å²) < 4.78 is 75.4. The van der Waals surface area contributed by atoms with Crippen LogP contribution in [0.2, 0.25) is 0 Å². The summed E-state index contributed by atoms with van der Waals surface area (Å²) in [5, 5.41) is 20.9. The van der Waals surface area contributed by atoms with Gasteiger partial charge in [0.25, 0.3) is 5.91 Å². The molecule has 0 radical (unpaired) electrons. The second-order valence-electron chi connectivity index (χ2n) is 12.0. The smallest absolute Gasteiger partial charge is 0.380 e. The highest BCUT2D eigenvalue weighted by Crippen LogP contribution is 2.60. The molecule has 0 atom stereocenters. The average molecular weight is 620 g/mol. The van der Waals surface area contributed by atoms with Crippen LogP contribution in [-0.2, 0) is 4.74 Å². The van der Waals surface area contributed by atoms with Crippen LogP contribution in [0.1, 0.15) is 53.5 Å². The number of aryl methyl sites for hydroxylation is 1. The summed E-state index contributed by atoms with van der Waals surface area (Å²) in [5.41, 5.74) is -0.294. The van der Waals surface area contributed by atoms with Gasteiger partial charge in [-0.05, 0) is 50.8 Å². The second kappa shape index (κ2) is 9.92. The van der Waals surface area contributed by atoms with Gasteiger partial charge in [0.05, 0.1) is 34.8 Å². The van der Waals surface area contributed by atoms with Gasteiger partial charge in [0.1, 0.15) is 0 Å². The number of amides is 1. The van der Waals surface area contributed by atoms with Crippen molar-refractivity contribution in [3.8, 4) is 11.4 Å². The van der Waals surface area contributed by atoms with E-state index < -0.39 is 35.8 Å². The van der Waals surface area contributed by atoms with Gasteiger partial charge in [0.2, 0.25) is 11.7 Å². The largest absolute Gasteiger partial charge is 0.417 e. The van der Waals surface area contributed by atoms with Gasteiger partial charge in [0, 0.05) is 48.1 Å². The molecule has 1 spiro atoms. The molecule has 4 aromatic heterocycles. The topological polar surface area (TPSA) is 131 Å². The summed E-state index contributed by atoms with van der Waals surface area (Å²) in [5.74, 6) is -0.100. The maximum absolute atomic E-state index is 13.4. The summed E-state index contributed by atoms with van der Waals surface area (Å²) >= 11 is 0. The molecule has 3 fully saturated rings. The third-order valence-corrected chi connectivity index (χ3v) is 8.80. The zero-order chi connectivity index (χ0) is 31.0. The minimum Gasteiger partial charge on any atom is -0.380 e. The minimum absolute atomic E-state index is 0.184. The number of anilines is 2. The molecule has 2 aliphatic carbocycles. The Morgan fingerprint density at radius 2 is 1.95 bits per heavy atom. The molecule has 0 bridgehead atoms. The molecule has 5 heterocycles. The number of fused-ring (bicyclic) bond motifs is 1. The van der Waals surface area contributed by atoms with Crippen LogP contribution in [-0.4, -0.2) is 73.3 Å². The van der Waals surface area contributed by atoms with E-state index in [9.17, 15) is 31.9 Å². The highest BCUT2D eigenvalue weighted by Gasteiger charge is 2.69. The fraction of sp³-hybridized carbons (Fsp3) is 0.464. The molecule has 44 heavy (non-hydrogen) atoms. The number of aromatic nitrogens is 5. The summed E-state index contributed by atoms with van der Waals surface area (Å²) in [7, 11) is 0. The van der Waals surface area contributed by atoms with E-state index in [1.54, 1.807) is 31.3 Å². The van der Waals surface area contributed by atoms with E-state index in [2.05, 4.69) is 30.3 Å². The summed E-state index contributed by atoms with van der Waals surface area (Å²) in [6.07, 6.45) is -0.527. The van der Waals surface area contributed by atoms with E-state index in [0.29, 0.717) is 54.3 Å². The van der Waals surface area contributed by atoms with Gasteiger partial charge in [-0.2, -0.15) is 32.0 Å². The number of nitrogens with zero attached hydrogens (tertiary/aromatic N) is 6. The predicted molar refractivity (Wildman–Crippen MR) is 143 cm³/mol. The van der Waals surface area contributed by atoms with Gasteiger partial charge in [-0.15, -0.1) is 0 Å². The highest BCUT2D eigenvalue weighted by molar-refractivity contribution is 6.09. The molecule has 2 saturated carbocycles. The molecule has 1 aliphatic heterocycles. The Balaban J connectivity index is 1.03. The maximum atomic E-state index is 13.4. The molecule has 11 nitrogen and oxygen atoms in total. The number of hydrogen-bond acceptors (Lipinski definition) is 9. The van der Waals surface area contributed by atoms with Crippen LogP contribution in [0.25, 0.3) is 16.9 Å². The lowest BCUT2D eigenvalue weighted by atomic mass is 9.55. The van der Waals surface area contributed by atoms with Gasteiger partial charge in [-0.1, -0.05) is 5.16 Å². The zero-order valence-electron chi connectivity index (χ0n) is 23.2. The van der Waals surface area contributed by atoms with Gasteiger partial charge in [-0.25, -0.2) is 4.52 Å². The minimum atomic E-state index is -4.64. The number of alkyl halides is 5. The zero-order valence-corrected chi connectivity index (χ0v) is 23.2. The van der Waals surface area contributed by atoms with Gasteiger partial charge in [0.15, 0.2) is 5.60 Å². The third-order valence-electron chi connectivity index (χ3n) is 8.80. The normalized spacial score (nSPS) is 22.1. The molecule has 7 rings (SSSR count). The number of rotatable bonds is 7. The molecule has 0 unspecified atom stereocenters. The van der Waals surface area contributed by atoms with Crippen LogP contribution in [0.5, 0.6) is 0 Å². The lowest BCUT2D eigenvalue weighted by molar-refractivity contribution is -0.319. The molecule has 1 amide bonds. The monoisotopic (exact) mass is 619 g/mol. The molecule has 16 heteroatoms. The lowest BCUT2D eigenvalue weighted by Crippen LogP contribution is -2.71. The molecule has 232 valence electrons. The molecule has 3 aliphatic rings. The van der Waals surface area contributed by atoms with E-state index in [4.69, 9.17) is 4.52 Å². The summed E-state index contributed by atoms with van der Waals surface area (Å²) in [6, 6.07) is 5.17. The summed E-state index contributed by atoms with van der Waals surface area (Å²) in [4.78, 5) is 24.0. The van der Waals surface area contributed by atoms with Crippen LogP contribution in [0.15, 0.2) is 41.3 Å². The van der Waals surface area contributed by atoms with Crippen LogP contribution in [0, 0.1) is 12.3 Å². The third kappa shape index (κ3) is 4.85. The first-order chi connectivity index (χ1) is 20.8. The van der Waals surface area contributed by atoms with Crippen molar-refractivity contribution in [1.82, 2.24) is 24.7 Å². The number of carbonyl (C=O) groups is 1. The second-order valence-corrected chi connectivity index (χ2v) is 12.0. The molecule has 1 saturated heterocycles. The van der Waals surface area contributed by atoms with Crippen molar-refractivity contribution in [3.63, 3.8) is 0 Å². The van der Waals surface area contributed by atoms with Crippen molar-refractivity contribution in [3.05, 3.63) is 53.9 Å². The SMILES string of the molecule is Cc1ncc(-c2noc(C3CC(OC(F)F)C3)n2)cc1NC(=O)c1cnn2ccc(N3CC4(C3)CC(O)(C(F)(F)F)C4)cc12. The van der Waals surface area contributed by atoms with Crippen LogP contribution in [0.4, 0.5) is 33.3 Å². The van der Waals surface area contributed by atoms with Crippen molar-refractivity contribution in [1.29, 1.82) is 0 Å². The van der Waals surface area contributed by atoms with Crippen molar-refractivity contribution >= 4 is 22.8 Å². The van der Waals surface area contributed by atoms with E-state index in [1.165, 1.54) is 16.9 Å². The van der Waals surface area contributed by atoms with E-state index in [0.717, 1.165) is 5.69 Å². The standard InChI is InChI=1S/C28H26F5N7O4/c1-14-20(6-16(8-34-14)22-37-24(44-38-22)15-4-18(5-15)43-25(29)30)36-23(41)19-9-35-40-3-2-17(7-21(19)40)39-12-26(13-39)10-27(42,11-26)28(31,32)33/h2-3,6-9,15,18,25,42H,4-5,10-13H2,1H3,(H,36,41). The Morgan fingerprint density at radius 3 is 2.66 bits per heavy atom. The fourth-order valence-corrected chi connectivity index (χ4v) is 6.41. The van der Waals surface area contributed by atoms with E-state index in [-0.39, 0.29) is 30.1 Å². The first kappa shape index (κ1) is 28.6. The first-order valence-electron chi connectivity index (χ1n) is 13.9. The lowest BCUT2D eigenvalue weighted by Gasteiger charge is -2.63. The maximum Gasteiger partial charge on any atom is 0.417 e. The Bertz CT molecular complexity index is 1740. The van der Waals surface area contributed by atoms with Gasteiger partial charge >= 0.3 is 12.8 Å². The van der Waals surface area contributed by atoms with Gasteiger partial charge in [-0.3, -0.25) is 9.78 Å². The van der Waals surface area contributed by atoms with E-state index in [1.807, 2.05) is 4.90 Å². The average Bonchev–Trinajstić information content (AvgIpc) is 3.55. The van der Waals surface area contributed by atoms with Gasteiger partial charge < -0.3 is 24.6 Å². The predicted octanol–water partition coefficient (Wildman–Crippen LogP) is 4.72. The van der Waals surface area contributed by atoms with Crippen LogP contribution < -0.4 is 10.2 Å². The van der Waals surface area contributed by atoms with Crippen LogP contribution >= 0.6 is 0 Å². The molecule has 2 N–H and O–H groups in total. The molecule has 4 aromatic rings. The quantitative estimate of drug-likeness (QED) is 0.282. The number of aliphatic hydroxyl groups is 1. The first-order valence-corrected chi connectivity index (χ1v) is 13.9. The number of halogens is 5. The van der Waals surface area contributed by atoms with Crippen LogP contribution in [0.3, 0.4) is 0 Å². The molecule has 0 aromatic carbocycles. The molecular weight excluding hydrogens is 593 g/mol. The molecular formula is C28H26F5N7O4. The van der Waals surface area contributed by atoms with Crippen molar-refractivity contribution in [2.45, 2.75) is 63.0 Å². The van der Waals surface area contributed by atoms with Crippen molar-refractivity contribution in [2.75, 3.05) is 23.3 Å². The van der Waals surface area contributed by atoms with Crippen molar-refractivity contribution < 1.29 is 41.1 Å². The number of pyridine rings is 2. The van der Waals surface area contributed by atoms with E-state index >= 15 is 0 Å². The Hall–Kier alpha value is -4.18. The Morgan fingerprint density at radius 1 is 1.20 bits per heavy atom. The highest BCUT2D eigenvalue weighted by atomic mass is 19.4. The van der Waals surface area contributed by atoms with Crippen molar-refractivity contribution in [2.24, 2.45) is 5.41 Å². The number of nitrogens with one attached hydrogen (secondary N) is 1. The Labute approximate surface area is 246 Å². The number of ether oxygens (including phenoxy) is 1. The number of hydrogen-bond donors (Lipinski definition) is 2. The Kier molecular flexibility index (Phi) is 6.44. The summed E-state index contributed by atoms with van der Waals surface area (Å²) in [6.45, 7) is -0.371. The number of carbonyl (C=O) groups excluding carboxylic acids is 1. The fourth-order valence-electron chi connectivity index (χ4n) is 6.41.